The Kier molecular flexibility index (Phi) is 8.99. The van der Waals surface area contributed by atoms with Gasteiger partial charge in [0, 0.05) is 35.9 Å². The zero-order valence-corrected chi connectivity index (χ0v) is 21.3. The fourth-order valence-electron chi connectivity index (χ4n) is 5.22. The molecule has 194 valence electrons. The molecule has 36 heavy (non-hydrogen) atoms. The standard InChI is InChI=1S/C27H41N9/c1-2-7-20(8-3-1)30-14-6-13-29-17-22-18-31-25(33-22)19-32-27-35-24-10-5-4-9-23(24)26(36-27)34-21-11-15-28-16-12-21/h4-5,9-10,18,20-21,28-30H,1-3,6-8,11-17,19H2,(H,31,33)(H2,32,34,35,36). The van der Waals surface area contributed by atoms with Crippen molar-refractivity contribution in [3.05, 3.63) is 42.0 Å². The smallest absolute Gasteiger partial charge is 0.225 e. The van der Waals surface area contributed by atoms with Crippen LogP contribution in [0.2, 0.25) is 0 Å². The predicted molar refractivity (Wildman–Crippen MR) is 146 cm³/mol. The molecule has 2 fully saturated rings. The van der Waals surface area contributed by atoms with Gasteiger partial charge in [-0.2, -0.15) is 4.98 Å². The molecule has 3 heterocycles. The van der Waals surface area contributed by atoms with Crippen molar-refractivity contribution in [1.82, 2.24) is 35.9 Å². The molecular weight excluding hydrogens is 450 g/mol. The Hall–Kier alpha value is -2.75. The second-order valence-electron chi connectivity index (χ2n) is 10.1. The number of benzene rings is 1. The van der Waals surface area contributed by atoms with Crippen LogP contribution in [0.5, 0.6) is 0 Å². The number of imidazole rings is 1. The van der Waals surface area contributed by atoms with E-state index >= 15 is 0 Å². The molecule has 1 aliphatic carbocycles. The van der Waals surface area contributed by atoms with E-state index in [1.54, 1.807) is 0 Å². The van der Waals surface area contributed by atoms with Crippen LogP contribution < -0.4 is 26.6 Å². The van der Waals surface area contributed by atoms with Crippen molar-refractivity contribution >= 4 is 22.7 Å². The van der Waals surface area contributed by atoms with Crippen molar-refractivity contribution in [2.45, 2.75) is 76.5 Å². The molecule has 9 nitrogen and oxygen atoms in total. The van der Waals surface area contributed by atoms with Gasteiger partial charge in [0.1, 0.15) is 11.6 Å². The molecule has 1 aromatic carbocycles. The molecule has 3 aromatic rings. The zero-order valence-electron chi connectivity index (χ0n) is 21.3. The Morgan fingerprint density at radius 1 is 0.889 bits per heavy atom. The van der Waals surface area contributed by atoms with Gasteiger partial charge >= 0.3 is 0 Å². The number of fused-ring (bicyclic) bond motifs is 1. The van der Waals surface area contributed by atoms with Crippen LogP contribution in [0.1, 0.15) is 62.9 Å². The monoisotopic (exact) mass is 491 g/mol. The van der Waals surface area contributed by atoms with Crippen LogP contribution in [0.15, 0.2) is 30.5 Å². The van der Waals surface area contributed by atoms with Gasteiger partial charge in [-0.3, -0.25) is 0 Å². The molecule has 0 amide bonds. The lowest BCUT2D eigenvalue weighted by Crippen LogP contribution is -2.35. The van der Waals surface area contributed by atoms with Crippen molar-refractivity contribution < 1.29 is 0 Å². The summed E-state index contributed by atoms with van der Waals surface area (Å²) in [5, 5.41) is 18.7. The average molecular weight is 492 g/mol. The Labute approximate surface area is 214 Å². The van der Waals surface area contributed by atoms with E-state index in [2.05, 4.69) is 42.6 Å². The second-order valence-corrected chi connectivity index (χ2v) is 10.1. The summed E-state index contributed by atoms with van der Waals surface area (Å²) in [6.07, 6.45) is 12.1. The fraction of sp³-hybridized carbons (Fsp3) is 0.593. The van der Waals surface area contributed by atoms with Crippen molar-refractivity contribution in [3.8, 4) is 0 Å². The summed E-state index contributed by atoms with van der Waals surface area (Å²) in [4.78, 5) is 17.5. The fourth-order valence-corrected chi connectivity index (χ4v) is 5.22. The number of hydrogen-bond acceptors (Lipinski definition) is 8. The number of hydrogen-bond donors (Lipinski definition) is 6. The summed E-state index contributed by atoms with van der Waals surface area (Å²) in [7, 11) is 0. The van der Waals surface area contributed by atoms with Crippen LogP contribution in [0, 0.1) is 0 Å². The molecular formula is C27H41N9. The SMILES string of the molecule is c1ccc2c(NC3CCNCC3)nc(NCc3ncc(CNCCCNC4CCCCC4)[nH]3)nc2c1. The highest BCUT2D eigenvalue weighted by molar-refractivity contribution is 5.90. The van der Waals surface area contributed by atoms with E-state index in [-0.39, 0.29) is 0 Å². The number of rotatable bonds is 12. The van der Waals surface area contributed by atoms with Gasteiger partial charge in [0.15, 0.2) is 0 Å². The van der Waals surface area contributed by atoms with E-state index in [1.807, 2.05) is 24.4 Å². The minimum atomic E-state index is 0.431. The lowest BCUT2D eigenvalue weighted by molar-refractivity contribution is 0.371. The highest BCUT2D eigenvalue weighted by atomic mass is 15.2. The van der Waals surface area contributed by atoms with Crippen LogP contribution in [-0.2, 0) is 13.1 Å². The van der Waals surface area contributed by atoms with Crippen molar-refractivity contribution in [3.63, 3.8) is 0 Å². The van der Waals surface area contributed by atoms with Crippen molar-refractivity contribution in [2.75, 3.05) is 36.8 Å². The number of anilines is 2. The van der Waals surface area contributed by atoms with Gasteiger partial charge in [-0.05, 0) is 70.4 Å². The first-order chi connectivity index (χ1) is 17.8. The zero-order chi connectivity index (χ0) is 24.4. The van der Waals surface area contributed by atoms with Gasteiger partial charge in [0.2, 0.25) is 5.95 Å². The lowest BCUT2D eigenvalue weighted by Gasteiger charge is -2.25. The first-order valence-corrected chi connectivity index (χ1v) is 13.8. The molecule has 0 atom stereocenters. The molecule has 0 bridgehead atoms. The van der Waals surface area contributed by atoms with E-state index < -0.39 is 0 Å². The van der Waals surface area contributed by atoms with Crippen molar-refractivity contribution in [2.24, 2.45) is 0 Å². The first-order valence-electron chi connectivity index (χ1n) is 13.8. The van der Waals surface area contributed by atoms with Gasteiger partial charge in [-0.15, -0.1) is 0 Å². The molecule has 1 aliphatic heterocycles. The molecule has 1 saturated heterocycles. The third-order valence-corrected chi connectivity index (χ3v) is 7.26. The van der Waals surface area contributed by atoms with E-state index in [1.165, 1.54) is 32.1 Å². The highest BCUT2D eigenvalue weighted by Gasteiger charge is 2.16. The summed E-state index contributed by atoms with van der Waals surface area (Å²) in [6, 6.07) is 9.35. The molecule has 0 spiro atoms. The van der Waals surface area contributed by atoms with Gasteiger partial charge < -0.3 is 31.6 Å². The molecule has 6 N–H and O–H groups in total. The molecule has 0 unspecified atom stereocenters. The topological polar surface area (TPSA) is 115 Å². The van der Waals surface area contributed by atoms with E-state index in [4.69, 9.17) is 9.97 Å². The molecule has 0 radical (unpaired) electrons. The second kappa shape index (κ2) is 13.0. The van der Waals surface area contributed by atoms with Crippen LogP contribution in [0.4, 0.5) is 11.8 Å². The first kappa shape index (κ1) is 24.9. The van der Waals surface area contributed by atoms with Crippen LogP contribution in [-0.4, -0.2) is 58.2 Å². The third kappa shape index (κ3) is 7.15. The van der Waals surface area contributed by atoms with Gasteiger partial charge in [-0.1, -0.05) is 31.4 Å². The third-order valence-electron chi connectivity index (χ3n) is 7.26. The maximum Gasteiger partial charge on any atom is 0.225 e. The molecule has 2 aromatic heterocycles. The number of nitrogens with one attached hydrogen (secondary N) is 6. The number of para-hydroxylation sites is 1. The number of aromatic amines is 1. The Bertz CT molecular complexity index is 1070. The number of H-pyrrole nitrogens is 1. The highest BCUT2D eigenvalue weighted by Crippen LogP contribution is 2.24. The Balaban J connectivity index is 1.08. The largest absolute Gasteiger partial charge is 0.367 e. The van der Waals surface area contributed by atoms with E-state index in [9.17, 15) is 0 Å². The van der Waals surface area contributed by atoms with E-state index in [0.29, 0.717) is 18.5 Å². The van der Waals surface area contributed by atoms with Crippen molar-refractivity contribution in [1.29, 1.82) is 0 Å². The normalized spacial score (nSPS) is 17.4. The van der Waals surface area contributed by atoms with Crippen LogP contribution >= 0.6 is 0 Å². The van der Waals surface area contributed by atoms with Gasteiger partial charge in [0.05, 0.1) is 12.1 Å². The summed E-state index contributed by atoms with van der Waals surface area (Å²) >= 11 is 0. The Morgan fingerprint density at radius 2 is 1.75 bits per heavy atom. The predicted octanol–water partition coefficient (Wildman–Crippen LogP) is 3.53. The minimum absolute atomic E-state index is 0.431. The molecule has 5 rings (SSSR count). The maximum atomic E-state index is 4.81. The number of nitrogens with zero attached hydrogens (tertiary/aromatic N) is 3. The molecule has 9 heteroatoms. The minimum Gasteiger partial charge on any atom is -0.367 e. The van der Waals surface area contributed by atoms with Crippen LogP contribution in [0.25, 0.3) is 10.9 Å². The summed E-state index contributed by atoms with van der Waals surface area (Å²) < 4.78 is 0. The quantitative estimate of drug-likeness (QED) is 0.213. The van der Waals surface area contributed by atoms with E-state index in [0.717, 1.165) is 86.3 Å². The summed E-state index contributed by atoms with van der Waals surface area (Å²) in [5.41, 5.74) is 2.04. The molecule has 2 aliphatic rings. The maximum absolute atomic E-state index is 4.81. The summed E-state index contributed by atoms with van der Waals surface area (Å²) in [6.45, 7) is 5.53. The van der Waals surface area contributed by atoms with Gasteiger partial charge in [0.25, 0.3) is 0 Å². The summed E-state index contributed by atoms with van der Waals surface area (Å²) in [5.74, 6) is 2.40. The van der Waals surface area contributed by atoms with Crippen LogP contribution in [0.3, 0.4) is 0 Å². The lowest BCUT2D eigenvalue weighted by atomic mass is 9.95. The van der Waals surface area contributed by atoms with Gasteiger partial charge in [-0.25, -0.2) is 9.97 Å². The average Bonchev–Trinajstić information content (AvgIpc) is 3.38. The Morgan fingerprint density at radius 3 is 2.64 bits per heavy atom. The molecule has 1 saturated carbocycles. The number of aromatic nitrogens is 4. The number of piperidine rings is 1.